The third-order valence-corrected chi connectivity index (χ3v) is 5.83. The lowest BCUT2D eigenvalue weighted by molar-refractivity contribution is 0.0929. The van der Waals surface area contributed by atoms with Gasteiger partial charge in [-0.3, -0.25) is 4.79 Å². The van der Waals surface area contributed by atoms with Crippen LogP contribution in [-0.2, 0) is 0 Å². The van der Waals surface area contributed by atoms with Gasteiger partial charge in [-0.15, -0.1) is 0 Å². The minimum atomic E-state index is -0.395. The minimum Gasteiger partial charge on any atom is -0.451 e. The molecule has 158 valence electrons. The van der Waals surface area contributed by atoms with Gasteiger partial charge in [0.25, 0.3) is 0 Å². The van der Waals surface area contributed by atoms with Crippen molar-refractivity contribution in [3.63, 3.8) is 0 Å². The monoisotopic (exact) mass is 441 g/mol. The molecule has 0 fully saturated rings. The molecule has 6 heteroatoms. The normalized spacial score (nSPS) is 11.6. The van der Waals surface area contributed by atoms with E-state index in [0.29, 0.717) is 10.6 Å². The van der Waals surface area contributed by atoms with Crippen LogP contribution in [0.1, 0.15) is 27.5 Å². The molecule has 0 saturated heterocycles. The topological polar surface area (TPSA) is 59.5 Å². The Morgan fingerprint density at radius 3 is 2.59 bits per heavy atom. The van der Waals surface area contributed by atoms with Gasteiger partial charge < -0.3 is 8.98 Å². The summed E-state index contributed by atoms with van der Waals surface area (Å²) in [5.41, 5.74) is 7.24. The largest absolute Gasteiger partial charge is 0.451 e. The second-order valence-electron chi connectivity index (χ2n) is 7.65. The number of nitrogens with zero attached hydrogens (tertiary/aromatic N) is 2. The quantitative estimate of drug-likeness (QED) is 0.259. The number of hydrazone groups is 1. The molecule has 0 saturated carbocycles. The summed E-state index contributed by atoms with van der Waals surface area (Å²) in [4.78, 5) is 12.6. The maximum absolute atomic E-state index is 12.6. The van der Waals surface area contributed by atoms with Crippen molar-refractivity contribution in [3.05, 3.63) is 101 Å². The van der Waals surface area contributed by atoms with Crippen LogP contribution in [0.25, 0.3) is 27.4 Å². The number of carbonyl (C=O) groups excluding carboxylic acids is 1. The summed E-state index contributed by atoms with van der Waals surface area (Å²) in [6.07, 6.45) is 1.64. The van der Waals surface area contributed by atoms with Crippen LogP contribution >= 0.6 is 11.6 Å². The third-order valence-electron chi connectivity index (χ3n) is 5.57. The second kappa shape index (κ2) is 8.02. The average molecular weight is 442 g/mol. The molecule has 5 nitrogen and oxygen atoms in total. The van der Waals surface area contributed by atoms with E-state index < -0.39 is 5.91 Å². The van der Waals surface area contributed by atoms with E-state index >= 15 is 0 Å². The summed E-state index contributed by atoms with van der Waals surface area (Å²) >= 11 is 6.01. The van der Waals surface area contributed by atoms with Crippen molar-refractivity contribution in [2.75, 3.05) is 0 Å². The Morgan fingerprint density at radius 1 is 1.00 bits per heavy atom. The lowest BCUT2D eigenvalue weighted by Crippen LogP contribution is -2.16. The van der Waals surface area contributed by atoms with Gasteiger partial charge in [0.05, 0.1) is 6.21 Å². The Bertz CT molecular complexity index is 1490. The fourth-order valence-corrected chi connectivity index (χ4v) is 4.15. The van der Waals surface area contributed by atoms with Crippen molar-refractivity contribution in [3.8, 4) is 5.69 Å². The first-order chi connectivity index (χ1) is 15.5. The van der Waals surface area contributed by atoms with Crippen LogP contribution in [0.5, 0.6) is 0 Å². The summed E-state index contributed by atoms with van der Waals surface area (Å²) in [5.74, 6) is -0.173. The molecule has 0 aliphatic carbocycles. The van der Waals surface area contributed by atoms with Crippen LogP contribution in [0.4, 0.5) is 0 Å². The molecule has 3 aromatic carbocycles. The molecule has 0 spiro atoms. The SMILES string of the molecule is Cc1cc(/C=N\NC(=O)c2cc3c(ccc4ccccc43)o2)c(C)n1-c1ccc(Cl)cc1. The standard InChI is InChI=1S/C26H20ClN3O2/c1-16-13-19(17(2)30(16)21-10-8-20(27)9-11-21)15-28-29-26(31)25-14-23-22-6-4-3-5-18(22)7-12-24(23)32-25/h3-15H,1-2H3,(H,29,31)/b28-15-. The van der Waals surface area contributed by atoms with Gasteiger partial charge >= 0.3 is 5.91 Å². The number of hydrogen-bond donors (Lipinski definition) is 1. The molecule has 0 atom stereocenters. The molecule has 32 heavy (non-hydrogen) atoms. The van der Waals surface area contributed by atoms with Crippen LogP contribution < -0.4 is 5.43 Å². The zero-order valence-electron chi connectivity index (χ0n) is 17.6. The molecular formula is C26H20ClN3O2. The van der Waals surface area contributed by atoms with Crippen molar-refractivity contribution in [1.29, 1.82) is 0 Å². The van der Waals surface area contributed by atoms with Crippen molar-refractivity contribution in [2.24, 2.45) is 5.10 Å². The van der Waals surface area contributed by atoms with E-state index in [9.17, 15) is 4.79 Å². The van der Waals surface area contributed by atoms with E-state index in [2.05, 4.69) is 15.1 Å². The first kappa shape index (κ1) is 20.1. The molecule has 5 rings (SSSR count). The number of nitrogens with one attached hydrogen (secondary N) is 1. The second-order valence-corrected chi connectivity index (χ2v) is 8.08. The van der Waals surface area contributed by atoms with E-state index in [0.717, 1.165) is 38.8 Å². The number of halogens is 1. The zero-order chi connectivity index (χ0) is 22.2. The molecule has 0 aliphatic heterocycles. The lowest BCUT2D eigenvalue weighted by Gasteiger charge is -2.09. The highest BCUT2D eigenvalue weighted by Crippen LogP contribution is 2.28. The molecule has 5 aromatic rings. The van der Waals surface area contributed by atoms with Crippen molar-refractivity contribution >= 4 is 45.5 Å². The van der Waals surface area contributed by atoms with Gasteiger partial charge in [0.2, 0.25) is 0 Å². The molecule has 2 aromatic heterocycles. The van der Waals surface area contributed by atoms with Crippen molar-refractivity contribution < 1.29 is 9.21 Å². The molecule has 2 heterocycles. The Balaban J connectivity index is 1.37. The van der Waals surface area contributed by atoms with Crippen LogP contribution in [0.15, 0.2) is 82.3 Å². The average Bonchev–Trinajstić information content (AvgIpc) is 3.36. The number of amides is 1. The first-order valence-electron chi connectivity index (χ1n) is 10.2. The number of fused-ring (bicyclic) bond motifs is 3. The fraction of sp³-hybridized carbons (Fsp3) is 0.0769. The predicted molar refractivity (Wildman–Crippen MR) is 129 cm³/mol. The minimum absolute atomic E-state index is 0.222. The highest BCUT2D eigenvalue weighted by atomic mass is 35.5. The van der Waals surface area contributed by atoms with Gasteiger partial charge in [0, 0.05) is 33.0 Å². The number of carbonyl (C=O) groups is 1. The summed E-state index contributed by atoms with van der Waals surface area (Å²) < 4.78 is 7.87. The smallest absolute Gasteiger partial charge is 0.307 e. The van der Waals surface area contributed by atoms with E-state index in [1.165, 1.54) is 0 Å². The first-order valence-corrected chi connectivity index (χ1v) is 10.6. The lowest BCUT2D eigenvalue weighted by atomic mass is 10.1. The molecule has 0 bridgehead atoms. The van der Waals surface area contributed by atoms with Crippen LogP contribution in [-0.4, -0.2) is 16.7 Å². The third kappa shape index (κ3) is 3.57. The highest BCUT2D eigenvalue weighted by Gasteiger charge is 2.14. The molecule has 1 N–H and O–H groups in total. The van der Waals surface area contributed by atoms with Gasteiger partial charge in [-0.2, -0.15) is 5.10 Å². The van der Waals surface area contributed by atoms with Gasteiger partial charge in [-0.25, -0.2) is 5.43 Å². The van der Waals surface area contributed by atoms with Gasteiger partial charge in [0.15, 0.2) is 5.76 Å². The van der Waals surface area contributed by atoms with Gasteiger partial charge in [0.1, 0.15) is 5.58 Å². The van der Waals surface area contributed by atoms with E-state index in [4.69, 9.17) is 16.0 Å². The summed E-state index contributed by atoms with van der Waals surface area (Å²) in [6.45, 7) is 4.03. The van der Waals surface area contributed by atoms with Crippen LogP contribution in [0.3, 0.4) is 0 Å². The Kier molecular flexibility index (Phi) is 5.04. The number of benzene rings is 3. The van der Waals surface area contributed by atoms with Gasteiger partial charge in [-0.05, 0) is 67.1 Å². The number of hydrogen-bond acceptors (Lipinski definition) is 3. The Morgan fingerprint density at radius 2 is 1.78 bits per heavy atom. The summed E-state index contributed by atoms with van der Waals surface area (Å²) in [7, 11) is 0. The maximum Gasteiger partial charge on any atom is 0.307 e. The van der Waals surface area contributed by atoms with E-state index in [1.54, 1.807) is 12.3 Å². The van der Waals surface area contributed by atoms with Gasteiger partial charge in [-0.1, -0.05) is 41.9 Å². The zero-order valence-corrected chi connectivity index (χ0v) is 18.4. The fourth-order valence-electron chi connectivity index (χ4n) is 4.03. The highest BCUT2D eigenvalue weighted by molar-refractivity contribution is 6.30. The maximum atomic E-state index is 12.6. The molecule has 0 radical (unpaired) electrons. The number of furan rings is 1. The van der Waals surface area contributed by atoms with Crippen molar-refractivity contribution in [1.82, 2.24) is 9.99 Å². The molecule has 1 amide bonds. The Hall–Kier alpha value is -3.83. The summed E-state index contributed by atoms with van der Waals surface area (Å²) in [6, 6.07) is 23.3. The molecule has 0 unspecified atom stereocenters. The van der Waals surface area contributed by atoms with Crippen LogP contribution in [0, 0.1) is 13.8 Å². The number of rotatable bonds is 4. The predicted octanol–water partition coefficient (Wildman–Crippen LogP) is 6.41. The molecule has 0 aliphatic rings. The summed E-state index contributed by atoms with van der Waals surface area (Å²) in [5, 5.41) is 7.90. The van der Waals surface area contributed by atoms with Crippen LogP contribution in [0.2, 0.25) is 5.02 Å². The Labute approximate surface area is 189 Å². The van der Waals surface area contributed by atoms with E-state index in [-0.39, 0.29) is 5.76 Å². The number of aryl methyl sites for hydroxylation is 1. The number of aromatic nitrogens is 1. The molecular weight excluding hydrogens is 422 g/mol. The van der Waals surface area contributed by atoms with E-state index in [1.807, 2.05) is 80.6 Å². The van der Waals surface area contributed by atoms with Crippen molar-refractivity contribution in [2.45, 2.75) is 13.8 Å².